The zero-order valence-corrected chi connectivity index (χ0v) is 7.97. The predicted octanol–water partition coefficient (Wildman–Crippen LogP) is 2.24. The zero-order valence-electron chi connectivity index (χ0n) is 7.97. The lowest BCUT2D eigenvalue weighted by atomic mass is 9.93. The summed E-state index contributed by atoms with van der Waals surface area (Å²) in [6.07, 6.45) is 8.23. The minimum absolute atomic E-state index is 0.0347. The second-order valence-electron chi connectivity index (χ2n) is 3.46. The van der Waals surface area contributed by atoms with Gasteiger partial charge in [-0.1, -0.05) is 12.2 Å². The number of ketones is 1. The first-order valence-corrected chi connectivity index (χ1v) is 4.82. The molecule has 1 aliphatic heterocycles. The number of rotatable bonds is 0. The molecule has 3 nitrogen and oxygen atoms in total. The van der Waals surface area contributed by atoms with Crippen molar-refractivity contribution < 1.29 is 4.79 Å². The van der Waals surface area contributed by atoms with Crippen molar-refractivity contribution in [1.82, 2.24) is 4.98 Å². The summed E-state index contributed by atoms with van der Waals surface area (Å²) >= 11 is 0. The van der Waals surface area contributed by atoms with Crippen LogP contribution in [-0.2, 0) is 0 Å². The van der Waals surface area contributed by atoms with Gasteiger partial charge in [0.2, 0.25) is 0 Å². The first-order valence-electron chi connectivity index (χ1n) is 4.82. The maximum Gasteiger partial charge on any atom is 0.198 e. The predicted molar refractivity (Wildman–Crippen MR) is 57.5 cm³/mol. The summed E-state index contributed by atoms with van der Waals surface area (Å²) in [5.74, 6) is 0.564. The molecule has 1 aromatic rings. The fraction of sp³-hybridized carbons (Fsp3) is 0.0833. The largest absolute Gasteiger partial charge is 0.288 e. The molecule has 0 bridgehead atoms. The summed E-state index contributed by atoms with van der Waals surface area (Å²) in [5, 5.41) is 0. The highest BCUT2D eigenvalue weighted by Crippen LogP contribution is 2.28. The van der Waals surface area contributed by atoms with Crippen LogP contribution >= 0.6 is 0 Å². The minimum Gasteiger partial charge on any atom is -0.288 e. The number of nitrogens with zero attached hydrogens (tertiary/aromatic N) is 2. The normalized spacial score (nSPS) is 17.7. The molecule has 15 heavy (non-hydrogen) atoms. The third kappa shape index (κ3) is 1.16. The van der Waals surface area contributed by atoms with E-state index in [1.165, 1.54) is 0 Å². The molecule has 0 saturated heterocycles. The molecule has 0 aromatic carbocycles. The Bertz CT molecular complexity index is 538. The van der Waals surface area contributed by atoms with Gasteiger partial charge in [-0.3, -0.25) is 4.79 Å². The SMILES string of the molecule is O=C1C2=CCC=CC2=Nc2ncccc21. The van der Waals surface area contributed by atoms with Crippen LogP contribution in [0.15, 0.2) is 47.1 Å². The highest BCUT2D eigenvalue weighted by Gasteiger charge is 2.25. The zero-order chi connectivity index (χ0) is 10.3. The van der Waals surface area contributed by atoms with E-state index in [1.54, 1.807) is 18.3 Å². The van der Waals surface area contributed by atoms with Crippen LogP contribution in [0.3, 0.4) is 0 Å². The van der Waals surface area contributed by atoms with Crippen LogP contribution in [0.25, 0.3) is 0 Å². The molecule has 0 spiro atoms. The van der Waals surface area contributed by atoms with Gasteiger partial charge in [0.25, 0.3) is 0 Å². The summed E-state index contributed by atoms with van der Waals surface area (Å²) in [6.45, 7) is 0. The third-order valence-electron chi connectivity index (χ3n) is 2.51. The second-order valence-corrected chi connectivity index (χ2v) is 3.46. The number of fused-ring (bicyclic) bond motifs is 2. The van der Waals surface area contributed by atoms with E-state index in [1.807, 2.05) is 18.2 Å². The van der Waals surface area contributed by atoms with Crippen LogP contribution < -0.4 is 0 Å². The third-order valence-corrected chi connectivity index (χ3v) is 2.51. The van der Waals surface area contributed by atoms with Crippen molar-refractivity contribution in [3.8, 4) is 0 Å². The van der Waals surface area contributed by atoms with E-state index in [4.69, 9.17) is 0 Å². The van der Waals surface area contributed by atoms with Crippen molar-refractivity contribution in [1.29, 1.82) is 0 Å². The number of Topliss-reactive ketones (excluding diaryl/α,β-unsaturated/α-hetero) is 1. The number of pyridine rings is 1. The standard InChI is InChI=1S/C12H8N2O/c15-11-8-4-1-2-6-10(8)14-12-9(11)5-3-7-13-12/h2-7H,1H2. The quantitative estimate of drug-likeness (QED) is 0.638. The van der Waals surface area contributed by atoms with Crippen molar-refractivity contribution in [2.45, 2.75) is 6.42 Å². The first kappa shape index (κ1) is 8.29. The van der Waals surface area contributed by atoms with E-state index in [0.717, 1.165) is 12.1 Å². The molecule has 2 heterocycles. The van der Waals surface area contributed by atoms with Gasteiger partial charge in [0, 0.05) is 11.8 Å². The Morgan fingerprint density at radius 1 is 1.33 bits per heavy atom. The minimum atomic E-state index is 0.0347. The second kappa shape index (κ2) is 2.98. The van der Waals surface area contributed by atoms with Crippen LogP contribution in [0.5, 0.6) is 0 Å². The molecule has 0 atom stereocenters. The van der Waals surface area contributed by atoms with Crippen molar-refractivity contribution in [2.24, 2.45) is 4.99 Å². The molecule has 72 valence electrons. The highest BCUT2D eigenvalue weighted by atomic mass is 16.1. The number of carbonyl (C=O) groups excluding carboxylic acids is 1. The van der Waals surface area contributed by atoms with Gasteiger partial charge >= 0.3 is 0 Å². The molecule has 0 N–H and O–H groups in total. The number of aromatic nitrogens is 1. The number of carbonyl (C=O) groups is 1. The van der Waals surface area contributed by atoms with Gasteiger partial charge in [-0.2, -0.15) is 0 Å². The van der Waals surface area contributed by atoms with E-state index in [9.17, 15) is 4.79 Å². The Hall–Kier alpha value is -2.03. The number of hydrogen-bond acceptors (Lipinski definition) is 3. The fourth-order valence-corrected chi connectivity index (χ4v) is 1.79. The Labute approximate surface area is 86.9 Å². The highest BCUT2D eigenvalue weighted by molar-refractivity contribution is 6.34. The Balaban J connectivity index is 2.27. The average molecular weight is 196 g/mol. The fourth-order valence-electron chi connectivity index (χ4n) is 1.79. The van der Waals surface area contributed by atoms with Gasteiger partial charge in [-0.25, -0.2) is 9.98 Å². The van der Waals surface area contributed by atoms with Crippen molar-refractivity contribution >= 4 is 17.3 Å². The molecule has 0 fully saturated rings. The Kier molecular flexibility index (Phi) is 1.65. The summed E-state index contributed by atoms with van der Waals surface area (Å²) in [6, 6.07) is 3.53. The van der Waals surface area contributed by atoms with Gasteiger partial charge in [-0.05, 0) is 24.6 Å². The molecular formula is C12H8N2O. The molecule has 3 heteroatoms. The Morgan fingerprint density at radius 2 is 2.27 bits per heavy atom. The van der Waals surface area contributed by atoms with E-state index in [2.05, 4.69) is 9.98 Å². The lowest BCUT2D eigenvalue weighted by molar-refractivity contribution is 0.103. The van der Waals surface area contributed by atoms with E-state index < -0.39 is 0 Å². The number of aliphatic imine (C=N–C) groups is 1. The van der Waals surface area contributed by atoms with Crippen LogP contribution in [0.4, 0.5) is 5.82 Å². The maximum atomic E-state index is 12.0. The summed E-state index contributed by atoms with van der Waals surface area (Å²) in [5.41, 5.74) is 2.04. The lowest BCUT2D eigenvalue weighted by Crippen LogP contribution is -2.18. The first-order chi connectivity index (χ1) is 7.36. The van der Waals surface area contributed by atoms with Crippen molar-refractivity contribution in [3.05, 3.63) is 47.7 Å². The van der Waals surface area contributed by atoms with Crippen LogP contribution in [0.2, 0.25) is 0 Å². The number of hydrogen-bond donors (Lipinski definition) is 0. The molecule has 0 unspecified atom stereocenters. The topological polar surface area (TPSA) is 42.3 Å². The van der Waals surface area contributed by atoms with Gasteiger partial charge in [0.1, 0.15) is 0 Å². The molecule has 2 aliphatic rings. The van der Waals surface area contributed by atoms with Gasteiger partial charge in [0.05, 0.1) is 11.3 Å². The Morgan fingerprint density at radius 3 is 3.20 bits per heavy atom. The van der Waals surface area contributed by atoms with Gasteiger partial charge in [-0.15, -0.1) is 0 Å². The molecule has 0 amide bonds. The van der Waals surface area contributed by atoms with Crippen LogP contribution in [-0.4, -0.2) is 16.5 Å². The smallest absolute Gasteiger partial charge is 0.198 e. The van der Waals surface area contributed by atoms with Crippen molar-refractivity contribution in [2.75, 3.05) is 0 Å². The molecule has 0 radical (unpaired) electrons. The summed E-state index contributed by atoms with van der Waals surface area (Å²) in [4.78, 5) is 20.5. The summed E-state index contributed by atoms with van der Waals surface area (Å²) in [7, 11) is 0. The van der Waals surface area contributed by atoms with E-state index in [0.29, 0.717) is 17.0 Å². The van der Waals surface area contributed by atoms with Crippen molar-refractivity contribution in [3.63, 3.8) is 0 Å². The van der Waals surface area contributed by atoms with Crippen LogP contribution in [0.1, 0.15) is 16.8 Å². The monoisotopic (exact) mass is 196 g/mol. The molecule has 0 saturated carbocycles. The van der Waals surface area contributed by atoms with Gasteiger partial charge in [0.15, 0.2) is 11.6 Å². The molecule has 3 rings (SSSR count). The molecule has 1 aromatic heterocycles. The lowest BCUT2D eigenvalue weighted by Gasteiger charge is -2.16. The maximum absolute atomic E-state index is 12.0. The summed E-state index contributed by atoms with van der Waals surface area (Å²) < 4.78 is 0. The van der Waals surface area contributed by atoms with Crippen LogP contribution in [0, 0.1) is 0 Å². The average Bonchev–Trinajstić information content (AvgIpc) is 2.30. The number of allylic oxidation sites excluding steroid dienone is 4. The molecule has 1 aliphatic carbocycles. The van der Waals surface area contributed by atoms with Gasteiger partial charge < -0.3 is 0 Å². The van der Waals surface area contributed by atoms with E-state index in [-0.39, 0.29) is 5.78 Å². The molecular weight excluding hydrogens is 188 g/mol. The van der Waals surface area contributed by atoms with E-state index >= 15 is 0 Å².